The van der Waals surface area contributed by atoms with Crippen LogP contribution in [0.15, 0.2) is 11.5 Å². The highest BCUT2D eigenvalue weighted by Gasteiger charge is 2.23. The Hall–Kier alpha value is -0.840. The summed E-state index contributed by atoms with van der Waals surface area (Å²) < 4.78 is 26.2. The first-order valence-corrected chi connectivity index (χ1v) is 5.23. The lowest BCUT2D eigenvalue weighted by atomic mass is 10.1. The van der Waals surface area contributed by atoms with E-state index in [-0.39, 0.29) is 24.1 Å². The molecule has 1 atom stereocenters. The van der Waals surface area contributed by atoms with Gasteiger partial charge in [0.1, 0.15) is 0 Å². The van der Waals surface area contributed by atoms with Gasteiger partial charge in [0.2, 0.25) is 0 Å². The van der Waals surface area contributed by atoms with Gasteiger partial charge in [-0.2, -0.15) is 0 Å². The molecule has 1 aliphatic rings. The van der Waals surface area contributed by atoms with Crippen molar-refractivity contribution in [3.05, 3.63) is 11.5 Å². The molecular formula is C7H10O4S. The second kappa shape index (κ2) is 3.26. The van der Waals surface area contributed by atoms with E-state index in [0.717, 1.165) is 5.41 Å². The second-order valence-electron chi connectivity index (χ2n) is 2.70. The minimum absolute atomic E-state index is 0.0299. The largest absolute Gasteiger partial charge is 0.469 e. The smallest absolute Gasteiger partial charge is 0.306 e. The molecule has 0 bridgehead atoms. The van der Waals surface area contributed by atoms with Gasteiger partial charge in [0.15, 0.2) is 9.84 Å². The molecule has 0 unspecified atom stereocenters. The molecule has 0 aromatic heterocycles. The zero-order valence-corrected chi connectivity index (χ0v) is 7.50. The topological polar surface area (TPSA) is 60.4 Å². The van der Waals surface area contributed by atoms with Gasteiger partial charge < -0.3 is 4.74 Å². The maximum Gasteiger partial charge on any atom is 0.306 e. The zero-order valence-electron chi connectivity index (χ0n) is 6.69. The lowest BCUT2D eigenvalue weighted by Crippen LogP contribution is -2.11. The third kappa shape index (κ3) is 2.34. The van der Waals surface area contributed by atoms with E-state index in [1.54, 1.807) is 0 Å². The molecule has 68 valence electrons. The molecule has 1 rings (SSSR count). The molecule has 0 fully saturated rings. The lowest BCUT2D eigenvalue weighted by Gasteiger charge is -2.03. The zero-order chi connectivity index (χ0) is 9.19. The van der Waals surface area contributed by atoms with Gasteiger partial charge in [-0.25, -0.2) is 8.42 Å². The van der Waals surface area contributed by atoms with Crippen molar-refractivity contribution in [2.24, 2.45) is 5.92 Å². The molecule has 0 amide bonds. The van der Waals surface area contributed by atoms with Crippen molar-refractivity contribution in [3.8, 4) is 0 Å². The van der Waals surface area contributed by atoms with Gasteiger partial charge in [-0.05, 0) is 0 Å². The number of hydrogen-bond donors (Lipinski definition) is 0. The molecule has 0 aliphatic carbocycles. The minimum atomic E-state index is -3.04. The van der Waals surface area contributed by atoms with Gasteiger partial charge in [0.05, 0.1) is 19.3 Å². The Balaban J connectivity index is 2.51. The van der Waals surface area contributed by atoms with Crippen LogP contribution in [-0.2, 0) is 19.4 Å². The van der Waals surface area contributed by atoms with Crippen LogP contribution in [0, 0.1) is 5.92 Å². The highest BCUT2D eigenvalue weighted by molar-refractivity contribution is 7.94. The Morgan fingerprint density at radius 3 is 2.75 bits per heavy atom. The van der Waals surface area contributed by atoms with Crippen molar-refractivity contribution in [1.29, 1.82) is 0 Å². The van der Waals surface area contributed by atoms with Crippen molar-refractivity contribution >= 4 is 15.8 Å². The first-order chi connectivity index (χ1) is 5.53. The van der Waals surface area contributed by atoms with Gasteiger partial charge in [-0.1, -0.05) is 6.08 Å². The summed E-state index contributed by atoms with van der Waals surface area (Å²) in [5.74, 6) is -0.550. The third-order valence-corrected chi connectivity index (χ3v) is 3.13. The van der Waals surface area contributed by atoms with Crippen LogP contribution in [0.25, 0.3) is 0 Å². The Morgan fingerprint density at radius 1 is 1.67 bits per heavy atom. The normalized spacial score (nSPS) is 25.6. The first kappa shape index (κ1) is 9.25. The van der Waals surface area contributed by atoms with Crippen molar-refractivity contribution in [1.82, 2.24) is 0 Å². The van der Waals surface area contributed by atoms with Gasteiger partial charge in [-0.3, -0.25) is 4.79 Å². The molecule has 12 heavy (non-hydrogen) atoms. The number of sulfone groups is 1. The van der Waals surface area contributed by atoms with Crippen molar-refractivity contribution in [2.75, 3.05) is 12.9 Å². The van der Waals surface area contributed by atoms with Crippen LogP contribution >= 0.6 is 0 Å². The van der Waals surface area contributed by atoms with Crippen LogP contribution < -0.4 is 0 Å². The molecule has 0 radical (unpaired) electrons. The predicted octanol–water partition coefficient (Wildman–Crippen LogP) is 0.108. The van der Waals surface area contributed by atoms with Crippen molar-refractivity contribution < 1.29 is 17.9 Å². The van der Waals surface area contributed by atoms with Crippen LogP contribution in [0.1, 0.15) is 6.42 Å². The summed E-state index contributed by atoms with van der Waals surface area (Å²) in [4.78, 5) is 10.7. The van der Waals surface area contributed by atoms with Gasteiger partial charge in [0.25, 0.3) is 0 Å². The number of esters is 1. The van der Waals surface area contributed by atoms with E-state index in [0.29, 0.717) is 0 Å². The first-order valence-electron chi connectivity index (χ1n) is 3.51. The monoisotopic (exact) mass is 190 g/mol. The molecule has 0 N–H and O–H groups in total. The number of carbonyl (C=O) groups excluding carboxylic acids is 1. The van der Waals surface area contributed by atoms with E-state index < -0.39 is 9.84 Å². The molecule has 0 aromatic rings. The fourth-order valence-electron chi connectivity index (χ4n) is 1.06. The number of ether oxygens (including phenoxy) is 1. The molecule has 0 spiro atoms. The van der Waals surface area contributed by atoms with E-state index in [4.69, 9.17) is 0 Å². The molecule has 0 saturated heterocycles. The maximum absolute atomic E-state index is 10.9. The Morgan fingerprint density at radius 2 is 2.33 bits per heavy atom. The average molecular weight is 190 g/mol. The summed E-state index contributed by atoms with van der Waals surface area (Å²) in [6, 6.07) is 0. The van der Waals surface area contributed by atoms with Gasteiger partial charge in [-0.15, -0.1) is 0 Å². The van der Waals surface area contributed by atoms with Gasteiger partial charge >= 0.3 is 5.97 Å². The summed E-state index contributed by atoms with van der Waals surface area (Å²) in [6.07, 6.45) is 1.68. The highest BCUT2D eigenvalue weighted by atomic mass is 32.2. The van der Waals surface area contributed by atoms with Crippen LogP contribution in [0.3, 0.4) is 0 Å². The van der Waals surface area contributed by atoms with Gasteiger partial charge in [0, 0.05) is 11.3 Å². The van der Waals surface area contributed by atoms with Crippen LogP contribution in [0.2, 0.25) is 0 Å². The molecule has 1 heterocycles. The Kier molecular flexibility index (Phi) is 2.52. The van der Waals surface area contributed by atoms with Crippen LogP contribution in [-0.4, -0.2) is 27.2 Å². The summed E-state index contributed by atoms with van der Waals surface area (Å²) >= 11 is 0. The number of methoxy groups -OCH3 is 1. The Labute approximate surface area is 71.1 Å². The fourth-order valence-corrected chi connectivity index (χ4v) is 2.46. The molecule has 0 aromatic carbocycles. The minimum Gasteiger partial charge on any atom is -0.469 e. The molecule has 0 saturated carbocycles. The number of allylic oxidation sites excluding steroid dienone is 1. The van der Waals surface area contributed by atoms with E-state index in [1.165, 1.54) is 13.2 Å². The fraction of sp³-hybridized carbons (Fsp3) is 0.571. The van der Waals surface area contributed by atoms with E-state index in [9.17, 15) is 13.2 Å². The second-order valence-corrected chi connectivity index (χ2v) is 4.63. The summed E-state index contributed by atoms with van der Waals surface area (Å²) in [5, 5.41) is 1.15. The Bertz CT molecular complexity index is 301. The van der Waals surface area contributed by atoms with Crippen molar-refractivity contribution in [3.63, 3.8) is 0 Å². The molecule has 4 nitrogen and oxygen atoms in total. The highest BCUT2D eigenvalue weighted by Crippen LogP contribution is 2.18. The van der Waals surface area contributed by atoms with Crippen molar-refractivity contribution in [2.45, 2.75) is 6.42 Å². The molecular weight excluding hydrogens is 180 g/mol. The number of rotatable bonds is 2. The number of hydrogen-bond acceptors (Lipinski definition) is 4. The SMILES string of the molecule is COC(=O)C[C@@H]1C=CS(=O)(=O)C1. The standard InChI is InChI=1S/C7H10O4S/c1-11-7(8)4-6-2-3-12(9,10)5-6/h2-3,6H,4-5H2,1H3/t6-/m0/s1. The van der Waals surface area contributed by atoms with Crippen LogP contribution in [0.4, 0.5) is 0 Å². The van der Waals surface area contributed by atoms with Crippen LogP contribution in [0.5, 0.6) is 0 Å². The van der Waals surface area contributed by atoms with E-state index in [1.807, 2.05) is 0 Å². The quantitative estimate of drug-likeness (QED) is 0.580. The van der Waals surface area contributed by atoms with E-state index in [2.05, 4.69) is 4.74 Å². The predicted molar refractivity (Wildman–Crippen MR) is 43.0 cm³/mol. The maximum atomic E-state index is 10.9. The lowest BCUT2D eigenvalue weighted by molar-refractivity contribution is -0.141. The summed E-state index contributed by atoms with van der Waals surface area (Å²) in [6.45, 7) is 0. The number of carbonyl (C=O) groups is 1. The molecule has 1 aliphatic heterocycles. The third-order valence-electron chi connectivity index (χ3n) is 1.66. The van der Waals surface area contributed by atoms with E-state index >= 15 is 0 Å². The molecule has 5 heteroatoms. The average Bonchev–Trinajstić information content (AvgIpc) is 2.30. The summed E-state index contributed by atoms with van der Waals surface area (Å²) in [5.41, 5.74) is 0. The summed E-state index contributed by atoms with van der Waals surface area (Å²) in [7, 11) is -1.75.